The van der Waals surface area contributed by atoms with E-state index >= 15 is 0 Å². The Morgan fingerprint density at radius 3 is 1.64 bits per heavy atom. The van der Waals surface area contributed by atoms with Crippen molar-refractivity contribution >= 4 is 49.3 Å². The van der Waals surface area contributed by atoms with E-state index < -0.39 is 0 Å². The summed E-state index contributed by atoms with van der Waals surface area (Å²) in [6.45, 7) is 7.41. The van der Waals surface area contributed by atoms with Crippen molar-refractivity contribution in [2.75, 3.05) is 0 Å². The van der Waals surface area contributed by atoms with E-state index in [0.29, 0.717) is 16.8 Å². The van der Waals surface area contributed by atoms with Crippen LogP contribution >= 0.6 is 0 Å². The normalized spacial score (nSPS) is 11.2. The van der Waals surface area contributed by atoms with Gasteiger partial charge in [-0.25, -0.2) is 9.83 Å². The number of aromatic nitrogens is 3. The minimum atomic E-state index is 0.567. The van der Waals surface area contributed by atoms with Gasteiger partial charge in [-0.05, 0) is 70.8 Å². The Morgan fingerprint density at radius 2 is 1.02 bits per heavy atom. The summed E-state index contributed by atoms with van der Waals surface area (Å²) in [5.41, 5.74) is 12.5. The zero-order chi connectivity index (χ0) is 37.8. The van der Waals surface area contributed by atoms with E-state index in [2.05, 4.69) is 111 Å². The summed E-state index contributed by atoms with van der Waals surface area (Å²) in [6.07, 6.45) is 1.94. The van der Waals surface area contributed by atoms with Crippen LogP contribution in [0.5, 0.6) is 0 Å². The summed E-state index contributed by atoms with van der Waals surface area (Å²) in [6, 6.07) is 59.6. The summed E-state index contributed by atoms with van der Waals surface area (Å²) < 4.78 is 4.47. The fourth-order valence-corrected chi connectivity index (χ4v) is 8.04. The summed E-state index contributed by atoms with van der Waals surface area (Å²) >= 11 is 0. The molecule has 0 saturated carbocycles. The number of rotatable bonds is 5. The Balaban J connectivity index is 1.25. The molecule has 0 unspecified atom stereocenters. The number of nitrogens with zero attached hydrogens (tertiary/aromatic N) is 6. The molecule has 258 valence electrons. The highest BCUT2D eigenvalue weighted by atomic mass is 15.1. The lowest BCUT2D eigenvalue weighted by Gasteiger charge is -2.17. The quantitative estimate of drug-likeness (QED) is 0.167. The minimum absolute atomic E-state index is 0.567. The van der Waals surface area contributed by atoms with Crippen LogP contribution in [0.25, 0.3) is 93.3 Å². The van der Waals surface area contributed by atoms with Gasteiger partial charge in [-0.2, -0.15) is 10.5 Å². The SMILES string of the molecule is [C-]#[N+]c1ccc(-c2ccc3c4ccccc4n(-c4cnc(-n5c6ccccc6c6ccc(-c7ccc(C#N)cc7)cc65)cc4-c4ccccc4C#N)c3c2)cc1. The first-order valence-electron chi connectivity index (χ1n) is 18.2. The van der Waals surface area contributed by atoms with E-state index in [1.165, 1.54) is 0 Å². The van der Waals surface area contributed by atoms with Gasteiger partial charge in [0.2, 0.25) is 0 Å². The van der Waals surface area contributed by atoms with Crippen molar-refractivity contribution in [1.82, 2.24) is 14.1 Å². The molecular weight excluding hydrogens is 685 g/mol. The van der Waals surface area contributed by atoms with Crippen LogP contribution in [0.15, 0.2) is 170 Å². The fraction of sp³-hybridized carbons (Fsp3) is 0. The first-order chi connectivity index (χ1) is 27.6. The Bertz CT molecular complexity index is 3330. The van der Waals surface area contributed by atoms with E-state index in [1.54, 1.807) is 0 Å². The highest BCUT2D eigenvalue weighted by Crippen LogP contribution is 2.41. The summed E-state index contributed by atoms with van der Waals surface area (Å²) in [7, 11) is 0. The van der Waals surface area contributed by atoms with Crippen molar-refractivity contribution in [2.24, 2.45) is 0 Å². The molecule has 6 heteroatoms. The number of fused-ring (bicyclic) bond motifs is 6. The Morgan fingerprint density at radius 1 is 0.482 bits per heavy atom. The molecule has 0 aliphatic carbocycles. The van der Waals surface area contributed by atoms with Crippen LogP contribution < -0.4 is 0 Å². The maximum absolute atomic E-state index is 10.4. The zero-order valence-corrected chi connectivity index (χ0v) is 29.8. The van der Waals surface area contributed by atoms with Gasteiger partial charge < -0.3 is 4.57 Å². The molecule has 0 bridgehead atoms. The molecule has 0 atom stereocenters. The molecule has 0 N–H and O–H groups in total. The smallest absolute Gasteiger partial charge is 0.187 e. The van der Waals surface area contributed by atoms with Crippen molar-refractivity contribution in [1.29, 1.82) is 10.5 Å². The first kappa shape index (κ1) is 32.4. The second-order valence-corrected chi connectivity index (χ2v) is 13.7. The lowest BCUT2D eigenvalue weighted by atomic mass is 9.99. The molecule has 0 spiro atoms. The third kappa shape index (κ3) is 5.12. The molecule has 3 heterocycles. The summed E-state index contributed by atoms with van der Waals surface area (Å²) in [4.78, 5) is 8.83. The van der Waals surface area contributed by atoms with Crippen LogP contribution in [0.3, 0.4) is 0 Å². The van der Waals surface area contributed by atoms with E-state index in [0.717, 1.165) is 88.5 Å². The van der Waals surface area contributed by atoms with Crippen LogP contribution in [-0.4, -0.2) is 14.1 Å². The molecular formula is C50H28N6. The van der Waals surface area contributed by atoms with Gasteiger partial charge >= 0.3 is 0 Å². The molecule has 0 amide bonds. The predicted molar refractivity (Wildman–Crippen MR) is 225 cm³/mol. The van der Waals surface area contributed by atoms with Gasteiger partial charge in [0.1, 0.15) is 5.82 Å². The second kappa shape index (κ2) is 13.0. The predicted octanol–water partition coefficient (Wildman–Crippen LogP) is 12.6. The van der Waals surface area contributed by atoms with Crippen LogP contribution in [0.4, 0.5) is 5.69 Å². The monoisotopic (exact) mass is 712 g/mol. The zero-order valence-electron chi connectivity index (χ0n) is 29.8. The van der Waals surface area contributed by atoms with Gasteiger partial charge in [0, 0.05) is 32.7 Å². The van der Waals surface area contributed by atoms with Crippen molar-refractivity contribution in [3.63, 3.8) is 0 Å². The molecule has 10 aromatic rings. The van der Waals surface area contributed by atoms with Crippen molar-refractivity contribution in [3.05, 3.63) is 193 Å². The molecule has 0 aliphatic heterocycles. The minimum Gasteiger partial charge on any atom is -0.307 e. The van der Waals surface area contributed by atoms with Gasteiger partial charge in [-0.3, -0.25) is 4.57 Å². The van der Waals surface area contributed by atoms with Crippen molar-refractivity contribution in [2.45, 2.75) is 0 Å². The standard InChI is InChI=1S/C50H28N6/c1-53-38-22-18-34(19-23-38)35-20-24-42-40-10-4-6-12-45(40)55(47(42)26-35)49-31-54-50(28-44(49)39-9-3-2-8-37(39)30-52)56-46-13-7-5-11-41(46)43-25-21-36(27-48(43)56)33-16-14-32(29-51)15-17-33/h2-28,31H. The topological polar surface area (TPSA) is 74.7 Å². The van der Waals surface area contributed by atoms with Gasteiger partial charge in [0.05, 0.1) is 63.8 Å². The fourth-order valence-electron chi connectivity index (χ4n) is 8.04. The number of para-hydroxylation sites is 2. The van der Waals surface area contributed by atoms with Gasteiger partial charge in [-0.15, -0.1) is 0 Å². The van der Waals surface area contributed by atoms with E-state index in [9.17, 15) is 10.5 Å². The largest absolute Gasteiger partial charge is 0.307 e. The summed E-state index contributed by atoms with van der Waals surface area (Å²) in [5, 5.41) is 24.3. The van der Waals surface area contributed by atoms with Crippen molar-refractivity contribution in [3.8, 4) is 57.0 Å². The van der Waals surface area contributed by atoms with E-state index in [-0.39, 0.29) is 0 Å². The van der Waals surface area contributed by atoms with Crippen LogP contribution in [0, 0.1) is 29.2 Å². The highest BCUT2D eigenvalue weighted by Gasteiger charge is 2.21. The lowest BCUT2D eigenvalue weighted by Crippen LogP contribution is -2.04. The molecule has 7 aromatic carbocycles. The third-order valence-electron chi connectivity index (χ3n) is 10.7. The summed E-state index contributed by atoms with van der Waals surface area (Å²) in [5.74, 6) is 0.723. The Hall–Kier alpha value is -8.24. The molecule has 56 heavy (non-hydrogen) atoms. The molecule has 10 rings (SSSR count). The van der Waals surface area contributed by atoms with Gasteiger partial charge in [0.15, 0.2) is 5.69 Å². The molecule has 0 saturated heterocycles. The van der Waals surface area contributed by atoms with E-state index in [1.807, 2.05) is 85.1 Å². The van der Waals surface area contributed by atoms with Crippen molar-refractivity contribution < 1.29 is 0 Å². The maximum atomic E-state index is 10.4. The van der Waals surface area contributed by atoms with Gasteiger partial charge in [0.25, 0.3) is 0 Å². The Labute approximate surface area is 322 Å². The number of nitriles is 2. The number of hydrogen-bond donors (Lipinski definition) is 0. The van der Waals surface area contributed by atoms with Gasteiger partial charge in [-0.1, -0.05) is 115 Å². The van der Waals surface area contributed by atoms with Crippen LogP contribution in [0.2, 0.25) is 0 Å². The lowest BCUT2D eigenvalue weighted by molar-refractivity contribution is 1.06. The highest BCUT2D eigenvalue weighted by molar-refractivity contribution is 6.12. The molecule has 3 aromatic heterocycles. The molecule has 0 aliphatic rings. The maximum Gasteiger partial charge on any atom is 0.187 e. The van der Waals surface area contributed by atoms with E-state index in [4.69, 9.17) is 11.6 Å². The first-order valence-corrected chi connectivity index (χ1v) is 18.2. The third-order valence-corrected chi connectivity index (χ3v) is 10.7. The number of pyridine rings is 1. The number of hydrogen-bond acceptors (Lipinski definition) is 3. The average molecular weight is 713 g/mol. The molecule has 6 nitrogen and oxygen atoms in total. The van der Waals surface area contributed by atoms with Crippen LogP contribution in [-0.2, 0) is 0 Å². The average Bonchev–Trinajstić information content (AvgIpc) is 3.78. The molecule has 0 radical (unpaired) electrons. The molecule has 0 fully saturated rings. The second-order valence-electron chi connectivity index (χ2n) is 13.7. The van der Waals surface area contributed by atoms with Crippen LogP contribution in [0.1, 0.15) is 11.1 Å². The Kier molecular flexibility index (Phi) is 7.53. The number of benzene rings is 7.